The molecule has 0 spiro atoms. The van der Waals surface area contributed by atoms with E-state index < -0.39 is 6.10 Å². The Balaban J connectivity index is 2.55. The molecule has 6 heteroatoms. The summed E-state index contributed by atoms with van der Waals surface area (Å²) in [5, 5.41) is 15.7. The van der Waals surface area contributed by atoms with Gasteiger partial charge in [-0.05, 0) is 19.3 Å². The molecule has 1 fully saturated rings. The summed E-state index contributed by atoms with van der Waals surface area (Å²) in [6.45, 7) is 9.93. The highest BCUT2D eigenvalue weighted by atomic mass is 16.3. The van der Waals surface area contributed by atoms with Gasteiger partial charge in [-0.15, -0.1) is 0 Å². The Bertz CT molecular complexity index is 358. The molecule has 0 radical (unpaired) electrons. The molecule has 6 nitrogen and oxygen atoms in total. The zero-order valence-electron chi connectivity index (χ0n) is 13.6. The standard InChI is InChI=1S/C15H29N3O3/c1-10(2)15(21)17-14-7-13(11(3)19)8-18(9-14)6-5-16-12(4)20/h10-11,13-14,19H,5-9H2,1-4H3,(H,16,20)(H,17,21). The third-order valence-electron chi connectivity index (χ3n) is 3.91. The van der Waals surface area contributed by atoms with Gasteiger partial charge in [0.05, 0.1) is 6.10 Å². The normalized spacial score (nSPS) is 24.7. The quantitative estimate of drug-likeness (QED) is 0.643. The van der Waals surface area contributed by atoms with E-state index in [2.05, 4.69) is 15.5 Å². The van der Waals surface area contributed by atoms with Gasteiger partial charge in [0.2, 0.25) is 11.8 Å². The van der Waals surface area contributed by atoms with Crippen LogP contribution in [0.4, 0.5) is 0 Å². The number of likely N-dealkylation sites (tertiary alicyclic amines) is 1. The first-order chi connectivity index (χ1) is 9.79. The number of aliphatic hydroxyl groups excluding tert-OH is 1. The van der Waals surface area contributed by atoms with Crippen LogP contribution in [-0.2, 0) is 9.59 Å². The summed E-state index contributed by atoms with van der Waals surface area (Å²) in [5.41, 5.74) is 0. The highest BCUT2D eigenvalue weighted by molar-refractivity contribution is 5.78. The molecule has 0 aromatic rings. The van der Waals surface area contributed by atoms with Crippen molar-refractivity contribution in [3.63, 3.8) is 0 Å². The minimum absolute atomic E-state index is 0.0373. The van der Waals surface area contributed by atoms with Crippen LogP contribution >= 0.6 is 0 Å². The van der Waals surface area contributed by atoms with Crippen LogP contribution in [-0.4, -0.2) is 60.1 Å². The van der Waals surface area contributed by atoms with Crippen molar-refractivity contribution in [1.82, 2.24) is 15.5 Å². The van der Waals surface area contributed by atoms with E-state index in [1.807, 2.05) is 13.8 Å². The van der Waals surface area contributed by atoms with Gasteiger partial charge in [-0.1, -0.05) is 13.8 Å². The molecule has 0 bridgehead atoms. The molecule has 1 heterocycles. The molecule has 2 amide bonds. The molecule has 1 saturated heterocycles. The summed E-state index contributed by atoms with van der Waals surface area (Å²) in [6.07, 6.45) is 0.402. The van der Waals surface area contributed by atoms with Crippen LogP contribution in [0.2, 0.25) is 0 Å². The first-order valence-corrected chi connectivity index (χ1v) is 7.74. The van der Waals surface area contributed by atoms with Crippen LogP contribution in [0.1, 0.15) is 34.1 Å². The van der Waals surface area contributed by atoms with Gasteiger partial charge in [0.25, 0.3) is 0 Å². The number of nitrogens with zero attached hydrogens (tertiary/aromatic N) is 1. The van der Waals surface area contributed by atoms with Gasteiger partial charge in [-0.25, -0.2) is 0 Å². The molecule has 3 atom stereocenters. The van der Waals surface area contributed by atoms with Crippen LogP contribution in [0.3, 0.4) is 0 Å². The first kappa shape index (κ1) is 17.9. The van der Waals surface area contributed by atoms with E-state index in [9.17, 15) is 14.7 Å². The van der Waals surface area contributed by atoms with Crippen molar-refractivity contribution in [1.29, 1.82) is 0 Å². The maximum atomic E-state index is 11.8. The zero-order chi connectivity index (χ0) is 16.0. The second-order valence-electron chi connectivity index (χ2n) is 6.34. The number of aliphatic hydroxyl groups is 1. The molecule has 1 rings (SSSR count). The van der Waals surface area contributed by atoms with Crippen LogP contribution in [0.15, 0.2) is 0 Å². The molecule has 0 saturated carbocycles. The van der Waals surface area contributed by atoms with Gasteiger partial charge in [-0.2, -0.15) is 0 Å². The highest BCUT2D eigenvalue weighted by Gasteiger charge is 2.30. The topological polar surface area (TPSA) is 81.7 Å². The van der Waals surface area contributed by atoms with E-state index >= 15 is 0 Å². The Kier molecular flexibility index (Phi) is 7.11. The summed E-state index contributed by atoms with van der Waals surface area (Å²) in [6, 6.07) is 0.0607. The summed E-state index contributed by atoms with van der Waals surface area (Å²) >= 11 is 0. The van der Waals surface area contributed by atoms with Gasteiger partial charge in [0, 0.05) is 45.1 Å². The van der Waals surface area contributed by atoms with Crippen molar-refractivity contribution in [2.24, 2.45) is 11.8 Å². The number of piperidine rings is 1. The predicted molar refractivity (Wildman–Crippen MR) is 81.7 cm³/mol. The van der Waals surface area contributed by atoms with Gasteiger partial charge in [0.1, 0.15) is 0 Å². The summed E-state index contributed by atoms with van der Waals surface area (Å²) in [5.74, 6) is 0.120. The number of nitrogens with one attached hydrogen (secondary N) is 2. The van der Waals surface area contributed by atoms with Crippen LogP contribution in [0.5, 0.6) is 0 Å². The molecule has 1 aliphatic rings. The Morgan fingerprint density at radius 1 is 1.29 bits per heavy atom. The van der Waals surface area contributed by atoms with Gasteiger partial charge < -0.3 is 15.7 Å². The average Bonchev–Trinajstić information content (AvgIpc) is 2.37. The lowest BCUT2D eigenvalue weighted by Crippen LogP contribution is -2.54. The monoisotopic (exact) mass is 299 g/mol. The highest BCUT2D eigenvalue weighted by Crippen LogP contribution is 2.20. The number of carbonyl (C=O) groups excluding carboxylic acids is 2. The lowest BCUT2D eigenvalue weighted by atomic mass is 9.90. The van der Waals surface area contributed by atoms with Crippen molar-refractivity contribution in [2.45, 2.75) is 46.3 Å². The lowest BCUT2D eigenvalue weighted by molar-refractivity contribution is -0.125. The number of hydrogen-bond acceptors (Lipinski definition) is 4. The van der Waals surface area contributed by atoms with Gasteiger partial charge in [-0.3, -0.25) is 14.5 Å². The van der Waals surface area contributed by atoms with Gasteiger partial charge >= 0.3 is 0 Å². The first-order valence-electron chi connectivity index (χ1n) is 7.74. The Labute approximate surface area is 127 Å². The Hall–Kier alpha value is -1.14. The number of hydrogen-bond donors (Lipinski definition) is 3. The second-order valence-corrected chi connectivity index (χ2v) is 6.34. The van der Waals surface area contributed by atoms with Crippen molar-refractivity contribution in [2.75, 3.05) is 26.2 Å². The third kappa shape index (κ3) is 6.44. The average molecular weight is 299 g/mol. The smallest absolute Gasteiger partial charge is 0.222 e. The van der Waals surface area contributed by atoms with E-state index in [-0.39, 0.29) is 29.7 Å². The lowest BCUT2D eigenvalue weighted by Gasteiger charge is -2.39. The summed E-state index contributed by atoms with van der Waals surface area (Å²) < 4.78 is 0. The molecule has 0 aliphatic carbocycles. The summed E-state index contributed by atoms with van der Waals surface area (Å²) in [4.78, 5) is 25.0. The Morgan fingerprint density at radius 3 is 2.48 bits per heavy atom. The van der Waals surface area contributed by atoms with Crippen LogP contribution in [0, 0.1) is 11.8 Å². The van der Waals surface area contributed by atoms with E-state index in [0.29, 0.717) is 6.54 Å². The van der Waals surface area contributed by atoms with E-state index in [4.69, 9.17) is 0 Å². The third-order valence-corrected chi connectivity index (χ3v) is 3.91. The van der Waals surface area contributed by atoms with Crippen LogP contribution < -0.4 is 10.6 Å². The fourth-order valence-corrected chi connectivity index (χ4v) is 2.63. The molecule has 1 aliphatic heterocycles. The molecule has 0 aromatic heterocycles. The molecular formula is C15H29N3O3. The van der Waals surface area contributed by atoms with Crippen molar-refractivity contribution >= 4 is 11.8 Å². The molecule has 0 aromatic carbocycles. The zero-order valence-corrected chi connectivity index (χ0v) is 13.6. The number of amides is 2. The summed E-state index contributed by atoms with van der Waals surface area (Å²) in [7, 11) is 0. The largest absolute Gasteiger partial charge is 0.393 e. The van der Waals surface area contributed by atoms with E-state index in [0.717, 1.165) is 26.1 Å². The fourth-order valence-electron chi connectivity index (χ4n) is 2.63. The Morgan fingerprint density at radius 2 is 1.95 bits per heavy atom. The number of carbonyl (C=O) groups is 2. The van der Waals surface area contributed by atoms with E-state index in [1.165, 1.54) is 6.92 Å². The molecule has 122 valence electrons. The maximum absolute atomic E-state index is 11.8. The SMILES string of the molecule is CC(=O)NCCN1CC(NC(=O)C(C)C)CC(C(C)O)C1. The van der Waals surface area contributed by atoms with Crippen molar-refractivity contribution in [3.05, 3.63) is 0 Å². The maximum Gasteiger partial charge on any atom is 0.222 e. The minimum Gasteiger partial charge on any atom is -0.393 e. The molecule has 3 unspecified atom stereocenters. The van der Waals surface area contributed by atoms with Gasteiger partial charge in [0.15, 0.2) is 0 Å². The minimum atomic E-state index is -0.396. The van der Waals surface area contributed by atoms with E-state index in [1.54, 1.807) is 6.92 Å². The molecular weight excluding hydrogens is 270 g/mol. The molecule has 21 heavy (non-hydrogen) atoms. The predicted octanol–water partition coefficient (Wildman–Crippen LogP) is -0.0340. The van der Waals surface area contributed by atoms with Crippen molar-refractivity contribution in [3.8, 4) is 0 Å². The number of rotatable bonds is 6. The fraction of sp³-hybridized carbons (Fsp3) is 0.867. The van der Waals surface area contributed by atoms with Crippen molar-refractivity contribution < 1.29 is 14.7 Å². The van der Waals surface area contributed by atoms with Crippen LogP contribution in [0.25, 0.3) is 0 Å². The second kappa shape index (κ2) is 8.34. The molecule has 3 N–H and O–H groups in total.